The highest BCUT2D eigenvalue weighted by atomic mass is 32.1. The molecule has 0 N–H and O–H groups in total. The van der Waals surface area contributed by atoms with E-state index in [-0.39, 0.29) is 17.7 Å². The van der Waals surface area contributed by atoms with Gasteiger partial charge in [0.25, 0.3) is 5.56 Å². The van der Waals surface area contributed by atoms with E-state index in [0.29, 0.717) is 32.1 Å². The van der Waals surface area contributed by atoms with Crippen LogP contribution in [0, 0.1) is 6.92 Å². The van der Waals surface area contributed by atoms with Gasteiger partial charge >= 0.3 is 5.97 Å². The largest absolute Gasteiger partial charge is 0.496 e. The van der Waals surface area contributed by atoms with E-state index in [2.05, 4.69) is 0 Å². The van der Waals surface area contributed by atoms with Crippen molar-refractivity contribution >= 4 is 29.1 Å². The lowest BCUT2D eigenvalue weighted by Gasteiger charge is -2.27. The summed E-state index contributed by atoms with van der Waals surface area (Å²) < 4.78 is 24.3. The molecule has 1 aliphatic heterocycles. The molecule has 0 saturated carbocycles. The van der Waals surface area contributed by atoms with Crippen molar-refractivity contribution in [1.29, 1.82) is 0 Å². The van der Waals surface area contributed by atoms with Gasteiger partial charge in [0.1, 0.15) is 11.8 Å². The molecule has 1 aliphatic rings. The van der Waals surface area contributed by atoms with Crippen molar-refractivity contribution in [3.05, 3.63) is 114 Å². The fourth-order valence-electron chi connectivity index (χ4n) is 5.00. The van der Waals surface area contributed by atoms with E-state index in [1.165, 1.54) is 18.4 Å². The first-order valence-corrected chi connectivity index (χ1v) is 13.9. The van der Waals surface area contributed by atoms with Crippen LogP contribution in [0.1, 0.15) is 35.2 Å². The van der Waals surface area contributed by atoms with Crippen LogP contribution in [0.2, 0.25) is 0 Å². The van der Waals surface area contributed by atoms with Crippen molar-refractivity contribution in [2.24, 2.45) is 4.99 Å². The first-order valence-electron chi connectivity index (χ1n) is 13.1. The molecular formula is C32H30N2O6S. The minimum absolute atomic E-state index is 0.160. The van der Waals surface area contributed by atoms with Gasteiger partial charge in [0.15, 0.2) is 16.3 Å². The molecule has 0 aliphatic carbocycles. The Kier molecular flexibility index (Phi) is 8.07. The number of aryl methyl sites for hydroxylation is 1. The van der Waals surface area contributed by atoms with Gasteiger partial charge in [0, 0.05) is 11.1 Å². The number of rotatable bonds is 8. The maximum Gasteiger partial charge on any atom is 0.338 e. The van der Waals surface area contributed by atoms with Gasteiger partial charge in [0.2, 0.25) is 0 Å². The lowest BCUT2D eigenvalue weighted by Crippen LogP contribution is -2.40. The maximum atomic E-state index is 14.1. The van der Waals surface area contributed by atoms with Gasteiger partial charge in [-0.05, 0) is 49.2 Å². The lowest BCUT2D eigenvalue weighted by atomic mass is 9.92. The number of carbonyl (C=O) groups excluding carboxylic acids is 1. The maximum absolute atomic E-state index is 14.1. The minimum Gasteiger partial charge on any atom is -0.496 e. The smallest absolute Gasteiger partial charge is 0.338 e. The van der Waals surface area contributed by atoms with Crippen LogP contribution in [0.5, 0.6) is 17.2 Å². The van der Waals surface area contributed by atoms with Gasteiger partial charge in [-0.15, -0.1) is 0 Å². The van der Waals surface area contributed by atoms with Crippen LogP contribution in [0.25, 0.3) is 11.8 Å². The third-order valence-electron chi connectivity index (χ3n) is 6.82. The molecule has 1 unspecified atom stereocenters. The van der Waals surface area contributed by atoms with Gasteiger partial charge in [0.05, 0.1) is 43.7 Å². The number of aromatic nitrogens is 1. The van der Waals surface area contributed by atoms with Gasteiger partial charge in [-0.25, -0.2) is 9.79 Å². The number of hydrogen-bond acceptors (Lipinski definition) is 8. The molecule has 0 saturated heterocycles. The SMILES string of the molecule is CCOC(=O)C1=C(c2ccccc2)N=c2sc(=Cc3ccc(OC)c(C)c3)c(=O)n2C1c1cccc(OC)c1OC. The molecule has 210 valence electrons. The Bertz CT molecular complexity index is 1820. The summed E-state index contributed by atoms with van der Waals surface area (Å²) in [6, 6.07) is 19.6. The Labute approximate surface area is 241 Å². The molecule has 1 atom stereocenters. The van der Waals surface area contributed by atoms with E-state index in [0.717, 1.165) is 22.4 Å². The monoisotopic (exact) mass is 570 g/mol. The zero-order valence-electron chi connectivity index (χ0n) is 23.5. The average molecular weight is 571 g/mol. The topological polar surface area (TPSA) is 88.4 Å². The normalized spacial score (nSPS) is 14.8. The number of hydrogen-bond donors (Lipinski definition) is 0. The van der Waals surface area contributed by atoms with Crippen LogP contribution in [0.15, 0.2) is 82.1 Å². The van der Waals surface area contributed by atoms with E-state index >= 15 is 0 Å². The first-order chi connectivity index (χ1) is 19.9. The van der Waals surface area contributed by atoms with Crippen LogP contribution in [0.4, 0.5) is 0 Å². The van der Waals surface area contributed by atoms with Crippen LogP contribution in [-0.2, 0) is 9.53 Å². The second-order valence-corrected chi connectivity index (χ2v) is 10.3. The summed E-state index contributed by atoms with van der Waals surface area (Å²) in [4.78, 5) is 33.2. The summed E-state index contributed by atoms with van der Waals surface area (Å²) in [6.07, 6.45) is 1.83. The van der Waals surface area contributed by atoms with Crippen molar-refractivity contribution in [1.82, 2.24) is 4.57 Å². The Balaban J connectivity index is 1.86. The molecule has 5 rings (SSSR count). The number of ether oxygens (including phenoxy) is 4. The summed E-state index contributed by atoms with van der Waals surface area (Å²) in [6.45, 7) is 3.85. The molecule has 3 aromatic carbocycles. The molecule has 1 aromatic heterocycles. The number of esters is 1. The molecule has 0 radical (unpaired) electrons. The van der Waals surface area contributed by atoms with E-state index in [1.807, 2.05) is 67.6 Å². The molecule has 4 aromatic rings. The standard InChI is InChI=1S/C32H30N2O6S/c1-6-40-31(36)26-27(21-11-8-7-9-12-21)33-32-34(28(26)22-13-10-14-24(38-4)29(22)39-5)30(35)25(41-32)18-20-15-16-23(37-3)19(2)17-20/h7-18,28H,6H2,1-5H3. The minimum atomic E-state index is -0.884. The van der Waals surface area contributed by atoms with Crippen LogP contribution < -0.4 is 29.1 Å². The number of carbonyl (C=O) groups is 1. The number of nitrogens with zero attached hydrogens (tertiary/aromatic N) is 2. The fourth-order valence-corrected chi connectivity index (χ4v) is 6.01. The van der Waals surface area contributed by atoms with E-state index in [4.69, 9.17) is 23.9 Å². The molecule has 8 nitrogen and oxygen atoms in total. The average Bonchev–Trinajstić information content (AvgIpc) is 3.30. The van der Waals surface area contributed by atoms with Gasteiger partial charge in [-0.1, -0.05) is 59.9 Å². The zero-order chi connectivity index (χ0) is 29.1. The third-order valence-corrected chi connectivity index (χ3v) is 7.80. The Morgan fingerprint density at radius 3 is 2.39 bits per heavy atom. The number of thiazole rings is 1. The number of fused-ring (bicyclic) bond motifs is 1. The Morgan fingerprint density at radius 1 is 0.976 bits per heavy atom. The van der Waals surface area contributed by atoms with E-state index in [9.17, 15) is 9.59 Å². The molecule has 2 heterocycles. The van der Waals surface area contributed by atoms with Crippen LogP contribution >= 0.6 is 11.3 Å². The summed E-state index contributed by atoms with van der Waals surface area (Å²) in [5, 5.41) is 0. The van der Waals surface area contributed by atoms with Crippen molar-refractivity contribution < 1.29 is 23.7 Å². The van der Waals surface area contributed by atoms with Gasteiger partial charge in [-0.3, -0.25) is 9.36 Å². The highest BCUT2D eigenvalue weighted by Gasteiger charge is 2.37. The second kappa shape index (κ2) is 11.9. The van der Waals surface area contributed by atoms with Crippen molar-refractivity contribution in [3.8, 4) is 17.2 Å². The molecule has 0 amide bonds. The molecular weight excluding hydrogens is 540 g/mol. The summed E-state index contributed by atoms with van der Waals surface area (Å²) in [5.41, 5.74) is 3.49. The molecule has 9 heteroatoms. The first kappa shape index (κ1) is 27.9. The van der Waals surface area contributed by atoms with Crippen molar-refractivity contribution in [3.63, 3.8) is 0 Å². The summed E-state index contributed by atoms with van der Waals surface area (Å²) >= 11 is 1.26. The Morgan fingerprint density at radius 2 is 1.73 bits per heavy atom. The van der Waals surface area contributed by atoms with Gasteiger partial charge < -0.3 is 18.9 Å². The molecule has 0 bridgehead atoms. The fraction of sp³-hybridized carbons (Fsp3) is 0.219. The number of para-hydroxylation sites is 1. The molecule has 41 heavy (non-hydrogen) atoms. The number of methoxy groups -OCH3 is 3. The molecule has 0 fully saturated rings. The van der Waals surface area contributed by atoms with Crippen molar-refractivity contribution in [2.45, 2.75) is 19.9 Å². The molecule has 0 spiro atoms. The predicted molar refractivity (Wildman–Crippen MR) is 158 cm³/mol. The Hall–Kier alpha value is -4.63. The second-order valence-electron chi connectivity index (χ2n) is 9.24. The number of benzene rings is 3. The van der Waals surface area contributed by atoms with E-state index < -0.39 is 12.0 Å². The highest BCUT2D eigenvalue weighted by Crippen LogP contribution is 2.42. The van der Waals surface area contributed by atoms with Crippen LogP contribution in [-0.4, -0.2) is 38.5 Å². The highest BCUT2D eigenvalue weighted by molar-refractivity contribution is 7.07. The lowest BCUT2D eigenvalue weighted by molar-refractivity contribution is -0.138. The predicted octanol–water partition coefficient (Wildman–Crippen LogP) is 4.27. The van der Waals surface area contributed by atoms with Gasteiger partial charge in [-0.2, -0.15) is 0 Å². The zero-order valence-corrected chi connectivity index (χ0v) is 24.3. The van der Waals surface area contributed by atoms with Crippen LogP contribution in [0.3, 0.4) is 0 Å². The quantitative estimate of drug-likeness (QED) is 0.294. The summed E-state index contributed by atoms with van der Waals surface area (Å²) in [7, 11) is 4.70. The summed E-state index contributed by atoms with van der Waals surface area (Å²) in [5.74, 6) is 1.09. The van der Waals surface area contributed by atoms with Crippen molar-refractivity contribution in [2.75, 3.05) is 27.9 Å². The van der Waals surface area contributed by atoms with E-state index in [1.54, 1.807) is 37.8 Å². The third kappa shape index (κ3) is 5.16.